The molecule has 0 aliphatic rings. The highest BCUT2D eigenvalue weighted by Crippen LogP contribution is 2.18. The highest BCUT2D eigenvalue weighted by Gasteiger charge is 2.22. The molecule has 7 heteroatoms. The van der Waals surface area contributed by atoms with Crippen molar-refractivity contribution in [3.05, 3.63) is 64.7 Å². The first-order chi connectivity index (χ1) is 11.9. The third-order valence-electron chi connectivity index (χ3n) is 3.34. The minimum Gasteiger partial charge on any atom is -0.480 e. The Kier molecular flexibility index (Phi) is 6.14. The maximum Gasteiger partial charge on any atom is 0.326 e. The van der Waals surface area contributed by atoms with Crippen molar-refractivity contribution in [3.63, 3.8) is 0 Å². The minimum absolute atomic E-state index is 0.0460. The molecule has 0 spiro atoms. The fourth-order valence-electron chi connectivity index (χ4n) is 2.19. The van der Waals surface area contributed by atoms with E-state index in [1.54, 1.807) is 24.3 Å². The van der Waals surface area contributed by atoms with Gasteiger partial charge in [-0.3, -0.25) is 9.59 Å². The SMILES string of the molecule is CC(=O)Oc1cccc(C(=O)N[C@@H](Cc2ccccc2Cl)C(=O)O)c1. The summed E-state index contributed by atoms with van der Waals surface area (Å²) in [6.45, 7) is 1.25. The van der Waals surface area contributed by atoms with E-state index in [0.717, 1.165) is 0 Å². The Morgan fingerprint density at radius 3 is 2.52 bits per heavy atom. The van der Waals surface area contributed by atoms with Gasteiger partial charge in [0.2, 0.25) is 0 Å². The molecule has 25 heavy (non-hydrogen) atoms. The highest BCUT2D eigenvalue weighted by atomic mass is 35.5. The number of esters is 1. The van der Waals surface area contributed by atoms with E-state index in [4.69, 9.17) is 16.3 Å². The highest BCUT2D eigenvalue weighted by molar-refractivity contribution is 6.31. The van der Waals surface area contributed by atoms with E-state index in [0.29, 0.717) is 10.6 Å². The lowest BCUT2D eigenvalue weighted by molar-refractivity contribution is -0.139. The second-order valence-electron chi connectivity index (χ2n) is 5.28. The minimum atomic E-state index is -1.18. The molecule has 0 bridgehead atoms. The third-order valence-corrected chi connectivity index (χ3v) is 3.71. The maximum atomic E-state index is 12.3. The lowest BCUT2D eigenvalue weighted by atomic mass is 10.1. The summed E-state index contributed by atoms with van der Waals surface area (Å²) < 4.78 is 4.92. The van der Waals surface area contributed by atoms with E-state index >= 15 is 0 Å². The molecule has 2 aromatic rings. The molecular formula is C18H16ClNO5. The van der Waals surface area contributed by atoms with E-state index in [9.17, 15) is 19.5 Å². The molecule has 0 aliphatic heterocycles. The molecular weight excluding hydrogens is 346 g/mol. The summed E-state index contributed by atoms with van der Waals surface area (Å²) in [6.07, 6.45) is 0.0460. The van der Waals surface area contributed by atoms with Crippen LogP contribution in [0.1, 0.15) is 22.8 Å². The number of halogens is 1. The van der Waals surface area contributed by atoms with Crippen LogP contribution >= 0.6 is 11.6 Å². The molecule has 0 unspecified atom stereocenters. The molecule has 6 nitrogen and oxygen atoms in total. The largest absolute Gasteiger partial charge is 0.480 e. The Morgan fingerprint density at radius 1 is 1.16 bits per heavy atom. The fraction of sp³-hybridized carbons (Fsp3) is 0.167. The zero-order chi connectivity index (χ0) is 18.4. The number of carboxylic acids is 1. The molecule has 0 saturated heterocycles. The van der Waals surface area contributed by atoms with Crippen molar-refractivity contribution < 1.29 is 24.2 Å². The number of carboxylic acid groups (broad SMARTS) is 1. The second kappa shape index (κ2) is 8.30. The molecule has 2 N–H and O–H groups in total. The van der Waals surface area contributed by atoms with Gasteiger partial charge >= 0.3 is 11.9 Å². The van der Waals surface area contributed by atoms with Crippen molar-refractivity contribution in [1.29, 1.82) is 0 Å². The van der Waals surface area contributed by atoms with Crippen molar-refractivity contribution in [3.8, 4) is 5.75 Å². The van der Waals surface area contributed by atoms with Crippen molar-refractivity contribution in [2.45, 2.75) is 19.4 Å². The van der Waals surface area contributed by atoms with Crippen LogP contribution < -0.4 is 10.1 Å². The molecule has 0 aromatic heterocycles. The van der Waals surface area contributed by atoms with Gasteiger partial charge < -0.3 is 15.2 Å². The number of aliphatic carboxylic acids is 1. The molecule has 2 rings (SSSR count). The summed E-state index contributed by atoms with van der Waals surface area (Å²) in [5.41, 5.74) is 0.801. The van der Waals surface area contributed by atoms with E-state index in [-0.39, 0.29) is 17.7 Å². The topological polar surface area (TPSA) is 92.7 Å². The van der Waals surface area contributed by atoms with Gasteiger partial charge in [0.15, 0.2) is 0 Å². The van der Waals surface area contributed by atoms with Gasteiger partial charge in [0.1, 0.15) is 11.8 Å². The Morgan fingerprint density at radius 2 is 1.88 bits per heavy atom. The van der Waals surface area contributed by atoms with Gasteiger partial charge in [-0.15, -0.1) is 0 Å². The Balaban J connectivity index is 2.14. The van der Waals surface area contributed by atoms with E-state index in [2.05, 4.69) is 5.32 Å². The van der Waals surface area contributed by atoms with Gasteiger partial charge in [-0.1, -0.05) is 35.9 Å². The van der Waals surface area contributed by atoms with Crippen LogP contribution in [0.25, 0.3) is 0 Å². The van der Waals surface area contributed by atoms with Gasteiger partial charge in [0.25, 0.3) is 5.91 Å². The molecule has 0 radical (unpaired) electrons. The number of rotatable bonds is 6. The average Bonchev–Trinajstić information content (AvgIpc) is 2.55. The number of benzene rings is 2. The Labute approximate surface area is 149 Å². The zero-order valence-corrected chi connectivity index (χ0v) is 14.1. The van der Waals surface area contributed by atoms with Gasteiger partial charge in [-0.05, 0) is 29.8 Å². The fourth-order valence-corrected chi connectivity index (χ4v) is 2.41. The van der Waals surface area contributed by atoms with Crippen LogP contribution in [0.15, 0.2) is 48.5 Å². The lowest BCUT2D eigenvalue weighted by Gasteiger charge is -2.15. The Bertz CT molecular complexity index is 806. The first-order valence-electron chi connectivity index (χ1n) is 7.42. The number of amides is 1. The lowest BCUT2D eigenvalue weighted by Crippen LogP contribution is -2.42. The van der Waals surface area contributed by atoms with Gasteiger partial charge in [-0.2, -0.15) is 0 Å². The Hall–Kier alpha value is -2.86. The summed E-state index contributed by atoms with van der Waals surface area (Å²) in [6, 6.07) is 11.6. The monoisotopic (exact) mass is 361 g/mol. The molecule has 0 fully saturated rings. The van der Waals surface area contributed by atoms with Gasteiger partial charge in [0, 0.05) is 23.9 Å². The predicted octanol–water partition coefficient (Wildman–Crippen LogP) is 2.69. The zero-order valence-electron chi connectivity index (χ0n) is 13.4. The number of carbonyl (C=O) groups is 3. The molecule has 130 valence electrons. The van der Waals surface area contributed by atoms with Crippen LogP contribution in [0.4, 0.5) is 0 Å². The van der Waals surface area contributed by atoms with Crippen LogP contribution in [-0.4, -0.2) is 29.0 Å². The summed E-state index contributed by atoms with van der Waals surface area (Å²) in [5, 5.41) is 12.2. The summed E-state index contributed by atoms with van der Waals surface area (Å²) in [7, 11) is 0. The third kappa shape index (κ3) is 5.32. The number of hydrogen-bond donors (Lipinski definition) is 2. The number of hydrogen-bond acceptors (Lipinski definition) is 4. The van der Waals surface area contributed by atoms with Crippen LogP contribution in [0.5, 0.6) is 5.75 Å². The number of carbonyl (C=O) groups excluding carboxylic acids is 2. The quantitative estimate of drug-likeness (QED) is 0.609. The molecule has 0 heterocycles. The van der Waals surface area contributed by atoms with E-state index in [1.807, 2.05) is 0 Å². The molecule has 1 atom stereocenters. The van der Waals surface area contributed by atoms with Crippen LogP contribution in [-0.2, 0) is 16.0 Å². The second-order valence-corrected chi connectivity index (χ2v) is 5.69. The number of ether oxygens (including phenoxy) is 1. The van der Waals surface area contributed by atoms with Crippen LogP contribution in [0, 0.1) is 0 Å². The number of nitrogens with one attached hydrogen (secondary N) is 1. The van der Waals surface area contributed by atoms with Crippen LogP contribution in [0.2, 0.25) is 5.02 Å². The average molecular weight is 362 g/mol. The van der Waals surface area contributed by atoms with Crippen molar-refractivity contribution in [2.75, 3.05) is 0 Å². The molecule has 1 amide bonds. The normalized spacial score (nSPS) is 11.4. The first kappa shape index (κ1) is 18.5. The molecule has 0 saturated carbocycles. The first-order valence-corrected chi connectivity index (χ1v) is 7.80. The predicted molar refractivity (Wildman–Crippen MR) is 91.8 cm³/mol. The summed E-state index contributed by atoms with van der Waals surface area (Å²) >= 11 is 6.04. The molecule has 2 aromatic carbocycles. The van der Waals surface area contributed by atoms with Gasteiger partial charge in [-0.25, -0.2) is 4.79 Å². The van der Waals surface area contributed by atoms with Crippen LogP contribution in [0.3, 0.4) is 0 Å². The van der Waals surface area contributed by atoms with Crippen molar-refractivity contribution >= 4 is 29.4 Å². The van der Waals surface area contributed by atoms with E-state index < -0.39 is 23.9 Å². The standard InChI is InChI=1S/C18H16ClNO5/c1-11(21)25-14-7-4-6-13(9-14)17(22)20-16(18(23)24)10-12-5-2-3-8-15(12)19/h2-9,16H,10H2,1H3,(H,20,22)(H,23,24)/t16-/m0/s1. The molecule has 0 aliphatic carbocycles. The van der Waals surface area contributed by atoms with Crippen molar-refractivity contribution in [1.82, 2.24) is 5.32 Å². The summed E-state index contributed by atoms with van der Waals surface area (Å²) in [4.78, 5) is 34.8. The van der Waals surface area contributed by atoms with Crippen molar-refractivity contribution in [2.24, 2.45) is 0 Å². The maximum absolute atomic E-state index is 12.3. The summed E-state index contributed by atoms with van der Waals surface area (Å²) in [5.74, 6) is -2.07. The van der Waals surface area contributed by atoms with Gasteiger partial charge in [0.05, 0.1) is 0 Å². The smallest absolute Gasteiger partial charge is 0.326 e. The van der Waals surface area contributed by atoms with E-state index in [1.165, 1.54) is 31.2 Å².